The fourth-order valence-corrected chi connectivity index (χ4v) is 3.39. The molecule has 0 atom stereocenters. The summed E-state index contributed by atoms with van der Waals surface area (Å²) in [6, 6.07) is 16.3. The highest BCUT2D eigenvalue weighted by Crippen LogP contribution is 2.22. The summed E-state index contributed by atoms with van der Waals surface area (Å²) in [5, 5.41) is 15.0. The van der Waals surface area contributed by atoms with Crippen molar-refractivity contribution >= 4 is 28.9 Å². The lowest BCUT2D eigenvalue weighted by atomic mass is 10.1. The SMILES string of the molecule is CCOC(=O)c1ccccc1NC(=O)/C(C#N)=C\Nc1ccc(N2CCCCC2)cc1. The summed E-state index contributed by atoms with van der Waals surface area (Å²) in [5.74, 6) is -1.15. The number of carbonyl (C=O) groups excluding carboxylic acids is 2. The number of rotatable bonds is 7. The number of benzene rings is 2. The smallest absolute Gasteiger partial charge is 0.340 e. The maximum atomic E-state index is 12.6. The Morgan fingerprint density at radius 1 is 1.10 bits per heavy atom. The average Bonchev–Trinajstić information content (AvgIpc) is 2.81. The summed E-state index contributed by atoms with van der Waals surface area (Å²) in [5.41, 5.74) is 2.35. The number of esters is 1. The van der Waals surface area contributed by atoms with E-state index in [1.54, 1.807) is 31.2 Å². The summed E-state index contributed by atoms with van der Waals surface area (Å²) in [4.78, 5) is 27.0. The van der Waals surface area contributed by atoms with E-state index >= 15 is 0 Å². The van der Waals surface area contributed by atoms with E-state index in [9.17, 15) is 14.9 Å². The van der Waals surface area contributed by atoms with Gasteiger partial charge in [-0.05, 0) is 62.6 Å². The largest absolute Gasteiger partial charge is 0.462 e. The second-order valence-corrected chi connectivity index (χ2v) is 7.13. The zero-order valence-electron chi connectivity index (χ0n) is 17.6. The zero-order chi connectivity index (χ0) is 22.1. The lowest BCUT2D eigenvalue weighted by molar-refractivity contribution is -0.112. The molecule has 7 nitrogen and oxygen atoms in total. The number of hydrogen-bond acceptors (Lipinski definition) is 6. The summed E-state index contributed by atoms with van der Waals surface area (Å²) in [6.07, 6.45) is 5.06. The minimum Gasteiger partial charge on any atom is -0.462 e. The van der Waals surface area contributed by atoms with Crippen molar-refractivity contribution in [3.05, 3.63) is 65.9 Å². The van der Waals surface area contributed by atoms with Crippen LogP contribution >= 0.6 is 0 Å². The molecule has 0 aromatic heterocycles. The van der Waals surface area contributed by atoms with Crippen LogP contribution in [0.25, 0.3) is 0 Å². The summed E-state index contributed by atoms with van der Waals surface area (Å²) in [6.45, 7) is 4.07. The quantitative estimate of drug-likeness (QED) is 0.395. The van der Waals surface area contributed by atoms with E-state index in [2.05, 4.69) is 15.5 Å². The maximum absolute atomic E-state index is 12.6. The molecule has 0 aliphatic carbocycles. The number of nitrogens with one attached hydrogen (secondary N) is 2. The number of ether oxygens (including phenoxy) is 1. The van der Waals surface area contributed by atoms with Crippen LogP contribution in [-0.4, -0.2) is 31.6 Å². The van der Waals surface area contributed by atoms with Gasteiger partial charge >= 0.3 is 5.97 Å². The van der Waals surface area contributed by atoms with Gasteiger partial charge in [0.05, 0.1) is 17.9 Å². The number of nitrogens with zero attached hydrogens (tertiary/aromatic N) is 2. The van der Waals surface area contributed by atoms with E-state index in [-0.39, 0.29) is 23.4 Å². The molecular weight excluding hydrogens is 392 g/mol. The topological polar surface area (TPSA) is 94.5 Å². The first-order chi connectivity index (χ1) is 15.1. The van der Waals surface area contributed by atoms with Gasteiger partial charge in [-0.2, -0.15) is 5.26 Å². The summed E-state index contributed by atoms with van der Waals surface area (Å²) >= 11 is 0. The minimum absolute atomic E-state index is 0.112. The number of anilines is 3. The summed E-state index contributed by atoms with van der Waals surface area (Å²) in [7, 11) is 0. The van der Waals surface area contributed by atoms with Gasteiger partial charge in [0.2, 0.25) is 0 Å². The molecule has 1 fully saturated rings. The highest BCUT2D eigenvalue weighted by atomic mass is 16.5. The van der Waals surface area contributed by atoms with Crippen molar-refractivity contribution < 1.29 is 14.3 Å². The van der Waals surface area contributed by atoms with Crippen LogP contribution in [0, 0.1) is 11.3 Å². The van der Waals surface area contributed by atoms with Crippen LogP contribution in [0.5, 0.6) is 0 Å². The molecule has 0 radical (unpaired) electrons. The Labute approximate surface area is 182 Å². The van der Waals surface area contributed by atoms with Crippen molar-refractivity contribution in [2.45, 2.75) is 26.2 Å². The fraction of sp³-hybridized carbons (Fsp3) is 0.292. The molecule has 160 valence electrons. The number of carbonyl (C=O) groups is 2. The number of amides is 1. The highest BCUT2D eigenvalue weighted by Gasteiger charge is 2.16. The molecule has 1 aliphatic rings. The normalized spacial score (nSPS) is 13.8. The monoisotopic (exact) mass is 418 g/mol. The molecule has 0 saturated carbocycles. The van der Waals surface area contributed by atoms with Crippen LogP contribution in [-0.2, 0) is 9.53 Å². The van der Waals surface area contributed by atoms with Crippen LogP contribution in [0.2, 0.25) is 0 Å². The van der Waals surface area contributed by atoms with Crippen molar-refractivity contribution in [2.24, 2.45) is 0 Å². The van der Waals surface area contributed by atoms with Crippen LogP contribution < -0.4 is 15.5 Å². The Bertz CT molecular complexity index is 987. The molecular formula is C24H26N4O3. The molecule has 1 saturated heterocycles. The first-order valence-electron chi connectivity index (χ1n) is 10.4. The van der Waals surface area contributed by atoms with Gasteiger partial charge in [-0.25, -0.2) is 4.79 Å². The predicted octanol–water partition coefficient (Wildman–Crippen LogP) is 4.31. The maximum Gasteiger partial charge on any atom is 0.340 e. The van der Waals surface area contributed by atoms with Gasteiger partial charge in [-0.15, -0.1) is 0 Å². The molecule has 0 spiro atoms. The molecule has 1 aliphatic heterocycles. The van der Waals surface area contributed by atoms with Crippen LogP contribution in [0.1, 0.15) is 36.5 Å². The second kappa shape index (κ2) is 10.8. The Hall–Kier alpha value is -3.79. The molecule has 0 bridgehead atoms. The molecule has 0 unspecified atom stereocenters. The van der Waals surface area contributed by atoms with Gasteiger partial charge in [-0.3, -0.25) is 4.79 Å². The van der Waals surface area contributed by atoms with Gasteiger partial charge < -0.3 is 20.3 Å². The van der Waals surface area contributed by atoms with Crippen LogP contribution in [0.15, 0.2) is 60.3 Å². The molecule has 1 amide bonds. The average molecular weight is 418 g/mol. The van der Waals surface area contributed by atoms with Crippen molar-refractivity contribution in [2.75, 3.05) is 35.2 Å². The molecule has 31 heavy (non-hydrogen) atoms. The van der Waals surface area contributed by atoms with E-state index < -0.39 is 11.9 Å². The second-order valence-electron chi connectivity index (χ2n) is 7.13. The third-order valence-electron chi connectivity index (χ3n) is 5.01. The van der Waals surface area contributed by atoms with Gasteiger partial charge in [-0.1, -0.05) is 12.1 Å². The van der Waals surface area contributed by atoms with E-state index in [1.807, 2.05) is 30.3 Å². The zero-order valence-corrected chi connectivity index (χ0v) is 17.6. The van der Waals surface area contributed by atoms with E-state index in [4.69, 9.17) is 4.74 Å². The fourth-order valence-electron chi connectivity index (χ4n) is 3.39. The number of piperidine rings is 1. The molecule has 7 heteroatoms. The van der Waals surface area contributed by atoms with Gasteiger partial charge in [0.1, 0.15) is 11.6 Å². The Kier molecular flexibility index (Phi) is 7.66. The lowest BCUT2D eigenvalue weighted by Gasteiger charge is -2.28. The van der Waals surface area contributed by atoms with E-state index in [1.165, 1.54) is 31.1 Å². The number of nitriles is 1. The van der Waals surface area contributed by atoms with Crippen molar-refractivity contribution in [3.63, 3.8) is 0 Å². The van der Waals surface area contributed by atoms with Gasteiger partial charge in [0.15, 0.2) is 0 Å². The van der Waals surface area contributed by atoms with E-state index in [0.29, 0.717) is 0 Å². The standard InChI is InChI=1S/C24H26N4O3/c1-2-31-24(30)21-8-4-5-9-22(21)27-23(29)18(16-25)17-26-19-10-12-20(13-11-19)28-14-6-3-7-15-28/h4-5,8-13,17,26H,2-3,6-7,14-15H2,1H3,(H,27,29)/b18-17-. The molecule has 3 rings (SSSR count). The number of hydrogen-bond donors (Lipinski definition) is 2. The van der Waals surface area contributed by atoms with Crippen molar-refractivity contribution in [3.8, 4) is 6.07 Å². The van der Waals surface area contributed by atoms with Crippen LogP contribution in [0.3, 0.4) is 0 Å². The number of para-hydroxylation sites is 1. The Balaban J connectivity index is 1.66. The van der Waals surface area contributed by atoms with E-state index in [0.717, 1.165) is 18.8 Å². The minimum atomic E-state index is -0.614. The first kappa shape index (κ1) is 21.9. The molecule has 1 heterocycles. The Morgan fingerprint density at radius 3 is 2.48 bits per heavy atom. The third kappa shape index (κ3) is 5.86. The lowest BCUT2D eigenvalue weighted by Crippen LogP contribution is -2.29. The molecule has 2 aromatic carbocycles. The van der Waals surface area contributed by atoms with Crippen LogP contribution in [0.4, 0.5) is 17.1 Å². The first-order valence-corrected chi connectivity index (χ1v) is 10.4. The highest BCUT2D eigenvalue weighted by molar-refractivity contribution is 6.09. The molecule has 2 N–H and O–H groups in total. The van der Waals surface area contributed by atoms with Gasteiger partial charge in [0, 0.05) is 30.7 Å². The van der Waals surface area contributed by atoms with Crippen molar-refractivity contribution in [1.29, 1.82) is 5.26 Å². The van der Waals surface area contributed by atoms with Gasteiger partial charge in [0.25, 0.3) is 5.91 Å². The molecule has 2 aromatic rings. The predicted molar refractivity (Wildman–Crippen MR) is 121 cm³/mol. The van der Waals surface area contributed by atoms with Crippen molar-refractivity contribution in [1.82, 2.24) is 0 Å². The third-order valence-corrected chi connectivity index (χ3v) is 5.01. The Morgan fingerprint density at radius 2 is 1.81 bits per heavy atom. The summed E-state index contributed by atoms with van der Waals surface area (Å²) < 4.78 is 5.01.